The predicted octanol–water partition coefficient (Wildman–Crippen LogP) is 2.94. The predicted molar refractivity (Wildman–Crippen MR) is 128 cm³/mol. The molecule has 1 saturated heterocycles. The fourth-order valence-corrected chi connectivity index (χ4v) is 5.71. The van der Waals surface area contributed by atoms with Crippen molar-refractivity contribution in [3.63, 3.8) is 0 Å². The maximum atomic E-state index is 13.5. The van der Waals surface area contributed by atoms with E-state index in [2.05, 4.69) is 0 Å². The number of carbonyl (C=O) groups excluding carboxylic acids is 2. The number of morpholine rings is 1. The highest BCUT2D eigenvalue weighted by atomic mass is 32.2. The van der Waals surface area contributed by atoms with Gasteiger partial charge in [-0.05, 0) is 37.6 Å². The molecule has 1 aliphatic heterocycles. The van der Waals surface area contributed by atoms with Crippen LogP contribution in [-0.4, -0.2) is 68.5 Å². The lowest BCUT2D eigenvalue weighted by atomic mass is 10.1. The molecule has 0 bridgehead atoms. The van der Waals surface area contributed by atoms with Gasteiger partial charge < -0.3 is 14.4 Å². The number of rotatable bonds is 8. The Morgan fingerprint density at radius 3 is 2.35 bits per heavy atom. The smallest absolute Gasteiger partial charge is 0.310 e. The number of carbonyl (C=O) groups is 2. The number of esters is 1. The number of ether oxygens (including phenoxy) is 2. The minimum Gasteiger partial charge on any atom is -0.469 e. The zero-order valence-corrected chi connectivity index (χ0v) is 20.8. The second-order valence-electron chi connectivity index (χ2n) is 8.70. The molecule has 1 heterocycles. The van der Waals surface area contributed by atoms with Crippen LogP contribution in [0.1, 0.15) is 36.7 Å². The van der Waals surface area contributed by atoms with Gasteiger partial charge in [-0.25, -0.2) is 8.42 Å². The third kappa shape index (κ3) is 6.22. The summed E-state index contributed by atoms with van der Waals surface area (Å²) in [7, 11) is -2.49. The summed E-state index contributed by atoms with van der Waals surface area (Å²) >= 11 is 0. The summed E-state index contributed by atoms with van der Waals surface area (Å²) in [5.74, 6) is -1.32. The fraction of sp³-hybridized carbons (Fsp3) is 0.440. The first-order valence-corrected chi connectivity index (χ1v) is 12.7. The van der Waals surface area contributed by atoms with Crippen LogP contribution in [0.3, 0.4) is 0 Å². The Hall–Kier alpha value is -2.75. The highest BCUT2D eigenvalue weighted by Crippen LogP contribution is 2.23. The van der Waals surface area contributed by atoms with Crippen LogP contribution in [0, 0.1) is 5.92 Å². The lowest BCUT2D eigenvalue weighted by molar-refractivity contribution is -0.145. The van der Waals surface area contributed by atoms with Crippen molar-refractivity contribution in [1.29, 1.82) is 0 Å². The Labute approximate surface area is 201 Å². The zero-order valence-electron chi connectivity index (χ0n) is 20.0. The lowest BCUT2D eigenvalue weighted by Crippen LogP contribution is -2.48. The highest BCUT2D eigenvalue weighted by Gasteiger charge is 2.33. The first kappa shape index (κ1) is 25.9. The number of amides is 1. The van der Waals surface area contributed by atoms with Crippen LogP contribution in [0.2, 0.25) is 0 Å². The summed E-state index contributed by atoms with van der Waals surface area (Å²) in [6, 6.07) is 15.5. The van der Waals surface area contributed by atoms with Gasteiger partial charge >= 0.3 is 5.97 Å². The van der Waals surface area contributed by atoms with Crippen LogP contribution in [0.15, 0.2) is 59.5 Å². The van der Waals surface area contributed by atoms with E-state index in [-0.39, 0.29) is 54.8 Å². The molecule has 0 spiro atoms. The summed E-state index contributed by atoms with van der Waals surface area (Å²) < 4.78 is 38.5. The van der Waals surface area contributed by atoms with Crippen molar-refractivity contribution >= 4 is 21.9 Å². The molecule has 3 rings (SSSR count). The SMILES string of the molecule is COC(=O)C(C)CN(Cc1ccccc1)C(=O)c1cccc(S(=O)(=O)N2CC(C)OC(C)C2)c1. The molecule has 1 amide bonds. The van der Waals surface area contributed by atoms with Crippen LogP contribution >= 0.6 is 0 Å². The summed E-state index contributed by atoms with van der Waals surface area (Å²) in [6.45, 7) is 6.28. The van der Waals surface area contributed by atoms with E-state index in [0.717, 1.165) is 5.56 Å². The molecule has 2 aromatic carbocycles. The van der Waals surface area contributed by atoms with Crippen LogP contribution < -0.4 is 0 Å². The molecule has 184 valence electrons. The van der Waals surface area contributed by atoms with E-state index in [1.165, 1.54) is 23.5 Å². The maximum Gasteiger partial charge on any atom is 0.310 e. The number of hydrogen-bond acceptors (Lipinski definition) is 6. The zero-order chi connectivity index (χ0) is 24.9. The van der Waals surface area contributed by atoms with E-state index in [4.69, 9.17) is 9.47 Å². The maximum absolute atomic E-state index is 13.5. The Morgan fingerprint density at radius 1 is 1.09 bits per heavy atom. The molecular formula is C25H32N2O6S. The van der Waals surface area contributed by atoms with Crippen molar-refractivity contribution < 1.29 is 27.5 Å². The van der Waals surface area contributed by atoms with Gasteiger partial charge in [0, 0.05) is 31.7 Å². The second kappa shape index (κ2) is 11.1. The molecule has 0 radical (unpaired) electrons. The highest BCUT2D eigenvalue weighted by molar-refractivity contribution is 7.89. The number of benzene rings is 2. The van der Waals surface area contributed by atoms with Crippen molar-refractivity contribution in [3.05, 3.63) is 65.7 Å². The normalized spacial score (nSPS) is 19.9. The molecular weight excluding hydrogens is 456 g/mol. The van der Waals surface area contributed by atoms with Crippen LogP contribution in [0.4, 0.5) is 0 Å². The molecule has 1 fully saturated rings. The molecule has 1 aliphatic rings. The fourth-order valence-electron chi connectivity index (χ4n) is 4.08. The van der Waals surface area contributed by atoms with Crippen LogP contribution in [0.25, 0.3) is 0 Å². The first-order chi connectivity index (χ1) is 16.1. The van der Waals surface area contributed by atoms with Crippen LogP contribution in [-0.2, 0) is 30.8 Å². The number of sulfonamides is 1. The summed E-state index contributed by atoms with van der Waals surface area (Å²) in [6.07, 6.45) is -0.436. The van der Waals surface area contributed by atoms with E-state index >= 15 is 0 Å². The molecule has 9 heteroatoms. The van der Waals surface area contributed by atoms with Gasteiger partial charge in [0.15, 0.2) is 0 Å². The number of nitrogens with zero attached hydrogens (tertiary/aromatic N) is 2. The van der Waals surface area contributed by atoms with Crippen molar-refractivity contribution in [3.8, 4) is 0 Å². The van der Waals surface area contributed by atoms with Gasteiger partial charge in [0.2, 0.25) is 10.0 Å². The molecule has 0 N–H and O–H groups in total. The molecule has 8 nitrogen and oxygen atoms in total. The van der Waals surface area contributed by atoms with E-state index in [9.17, 15) is 18.0 Å². The quantitative estimate of drug-likeness (QED) is 0.531. The second-order valence-corrected chi connectivity index (χ2v) is 10.6. The Balaban J connectivity index is 1.89. The summed E-state index contributed by atoms with van der Waals surface area (Å²) in [4.78, 5) is 27.1. The molecule has 3 unspecified atom stereocenters. The summed E-state index contributed by atoms with van der Waals surface area (Å²) in [5.41, 5.74) is 1.14. The van der Waals surface area contributed by atoms with Gasteiger partial charge in [-0.3, -0.25) is 9.59 Å². The summed E-state index contributed by atoms with van der Waals surface area (Å²) in [5, 5.41) is 0. The standard InChI is InChI=1S/C25H32N2O6S/c1-18(25(29)32-4)14-26(17-21-9-6-5-7-10-21)24(28)22-11-8-12-23(13-22)34(30,31)27-15-19(2)33-20(3)16-27/h5-13,18-20H,14-17H2,1-4H3. The van der Waals surface area contributed by atoms with E-state index in [1.807, 2.05) is 44.2 Å². The average molecular weight is 489 g/mol. The molecule has 0 saturated carbocycles. The molecule has 0 aromatic heterocycles. The van der Waals surface area contributed by atoms with Crippen molar-refractivity contribution in [1.82, 2.24) is 9.21 Å². The third-order valence-corrected chi connectivity index (χ3v) is 7.53. The largest absolute Gasteiger partial charge is 0.469 e. The van der Waals surface area contributed by atoms with E-state index in [0.29, 0.717) is 0 Å². The minimum atomic E-state index is -3.80. The molecule has 0 aliphatic carbocycles. The van der Waals surface area contributed by atoms with Crippen molar-refractivity contribution in [2.24, 2.45) is 5.92 Å². The first-order valence-electron chi connectivity index (χ1n) is 11.3. The van der Waals surface area contributed by atoms with Crippen molar-refractivity contribution in [2.45, 2.75) is 44.4 Å². The van der Waals surface area contributed by atoms with E-state index < -0.39 is 21.9 Å². The molecule has 34 heavy (non-hydrogen) atoms. The topological polar surface area (TPSA) is 93.2 Å². The monoisotopic (exact) mass is 488 g/mol. The number of hydrogen-bond donors (Lipinski definition) is 0. The average Bonchev–Trinajstić information content (AvgIpc) is 2.82. The van der Waals surface area contributed by atoms with Gasteiger partial charge in [0.05, 0.1) is 30.1 Å². The lowest BCUT2D eigenvalue weighted by Gasteiger charge is -2.34. The van der Waals surface area contributed by atoms with Crippen molar-refractivity contribution in [2.75, 3.05) is 26.7 Å². The molecule has 2 aromatic rings. The van der Waals surface area contributed by atoms with Crippen LogP contribution in [0.5, 0.6) is 0 Å². The van der Waals surface area contributed by atoms with Gasteiger partial charge in [-0.2, -0.15) is 4.31 Å². The third-order valence-electron chi connectivity index (χ3n) is 5.71. The van der Waals surface area contributed by atoms with Gasteiger partial charge in [-0.15, -0.1) is 0 Å². The van der Waals surface area contributed by atoms with Gasteiger partial charge in [0.1, 0.15) is 0 Å². The Kier molecular flexibility index (Phi) is 8.46. The Bertz CT molecular complexity index is 1100. The number of methoxy groups -OCH3 is 1. The van der Waals surface area contributed by atoms with E-state index in [1.54, 1.807) is 24.0 Å². The Morgan fingerprint density at radius 2 is 1.74 bits per heavy atom. The van der Waals surface area contributed by atoms with Gasteiger partial charge in [0.25, 0.3) is 5.91 Å². The minimum absolute atomic E-state index is 0.0559. The molecule has 3 atom stereocenters. The van der Waals surface area contributed by atoms with Gasteiger partial charge in [-0.1, -0.05) is 43.3 Å².